The van der Waals surface area contributed by atoms with Crippen molar-refractivity contribution in [3.8, 4) is 0 Å². The van der Waals surface area contributed by atoms with E-state index in [0.717, 1.165) is 14.7 Å². The first-order valence-corrected chi connectivity index (χ1v) is 33.9. The molecule has 528 valence electrons. The van der Waals surface area contributed by atoms with Gasteiger partial charge in [-0.3, -0.25) is 52.7 Å². The Labute approximate surface area is 554 Å². The highest BCUT2D eigenvalue weighted by atomic mass is 32.2. The fraction of sp³-hybridized carbons (Fsp3) is 0.803. The van der Waals surface area contributed by atoms with E-state index in [1.165, 1.54) is 108 Å². The molecule has 0 spiro atoms. The van der Waals surface area contributed by atoms with Gasteiger partial charge in [0, 0.05) is 68.1 Å². The number of likely N-dealkylation sites (N-methyl/N-ethyl adjacent to an activating group) is 7. The van der Waals surface area contributed by atoms with E-state index >= 15 is 28.8 Å². The maximum atomic E-state index is 15.3. The maximum absolute atomic E-state index is 15.3. The minimum Gasteiger partial charge on any atom is -0.396 e. The number of rotatable bonds is 20. The summed E-state index contributed by atoms with van der Waals surface area (Å²) in [7, 11) is 9.72. The van der Waals surface area contributed by atoms with Crippen LogP contribution in [0.15, 0.2) is 12.2 Å². The van der Waals surface area contributed by atoms with E-state index in [0.29, 0.717) is 12.2 Å². The normalized spacial score (nSPS) is 26.7. The van der Waals surface area contributed by atoms with Crippen molar-refractivity contribution in [1.29, 1.82) is 0 Å². The molecule has 0 aliphatic carbocycles. The van der Waals surface area contributed by atoms with E-state index in [2.05, 4.69) is 21.3 Å². The van der Waals surface area contributed by atoms with Crippen LogP contribution in [0.2, 0.25) is 0 Å². The standard InChI is InChI=1S/C66H119N11O14S/c1-25-27-29-42(13)54(79)53-58(83)69-45(26-2)60(85)75(22)50(36-92-31-28-30-78)63(88)74(21)49(35-66(16,17)91)57(82)70-51(40(9)10)64(89)71(18)46(32-37(3)4)56(81)67-43(14)55(80)68-44(15)59(84)72(19)47(33-38(5)6)61(86)73(20)48(34-39(7)8)62(87)76(23)52(41(11)12)65(90)77(53)24/h25,27,37-54,78-79,91H,26,28-36H2,1-24H3,(H,67,81)(H,68,80)(H,69,83)(H,70,82)/b27-25+/t42-,43+,44-,45+,46+,47+,48+,49+,50-,51+,52+,53+,54-/m1/s1. The SMILES string of the molecule is C/C=C/C[C@@H](C)[C@@H](O)[C@H]1C(=O)N[C@@H](CC)C(=O)N(C)[C@H](CSCCCO)C(=O)N(C)[C@@H](CC(C)(C)O)C(=O)N[C@@H](C(C)C)C(=O)N(C)[C@@H](CC(C)C)C(=O)N[C@@H](C)C(=O)N[C@H](C)C(=O)N(C)[C@@H](CC(C)C)C(=O)N(C)[C@@H](CC(C)C)C(=O)N(C)[C@@H](C(C)C)C(=O)N1C. The molecular formula is C66H119N11O14S. The van der Waals surface area contributed by atoms with Crippen molar-refractivity contribution in [2.45, 2.75) is 241 Å². The molecule has 0 aromatic heterocycles. The second kappa shape index (κ2) is 38.5. The van der Waals surface area contributed by atoms with Crippen molar-refractivity contribution in [3.05, 3.63) is 12.2 Å². The summed E-state index contributed by atoms with van der Waals surface area (Å²) >= 11 is 1.24. The summed E-state index contributed by atoms with van der Waals surface area (Å²) in [6, 6.07) is -14.6. The number of carbonyl (C=O) groups is 11. The Balaban J connectivity index is 4.55. The summed E-state index contributed by atoms with van der Waals surface area (Å²) in [6.07, 6.45) is 2.57. The summed E-state index contributed by atoms with van der Waals surface area (Å²) in [5.41, 5.74) is -1.60. The lowest BCUT2D eigenvalue weighted by molar-refractivity contribution is -0.157. The molecule has 1 aliphatic heterocycles. The van der Waals surface area contributed by atoms with Gasteiger partial charge in [0.25, 0.3) is 0 Å². The van der Waals surface area contributed by atoms with Crippen molar-refractivity contribution in [3.63, 3.8) is 0 Å². The summed E-state index contributed by atoms with van der Waals surface area (Å²) in [6.45, 7) is 28.6. The molecule has 25 nitrogen and oxygen atoms in total. The Morgan fingerprint density at radius 3 is 1.41 bits per heavy atom. The Bertz CT molecular complexity index is 2510. The van der Waals surface area contributed by atoms with Gasteiger partial charge in [0.05, 0.1) is 11.7 Å². The maximum Gasteiger partial charge on any atom is 0.246 e. The number of aliphatic hydroxyl groups is 3. The second-order valence-corrected chi connectivity index (χ2v) is 29.0. The monoisotopic (exact) mass is 1320 g/mol. The average molecular weight is 1320 g/mol. The lowest BCUT2D eigenvalue weighted by atomic mass is 9.91. The van der Waals surface area contributed by atoms with Crippen LogP contribution in [0.3, 0.4) is 0 Å². The van der Waals surface area contributed by atoms with Crippen LogP contribution in [0.4, 0.5) is 0 Å². The molecule has 1 rings (SSSR count). The van der Waals surface area contributed by atoms with Crippen LogP contribution in [-0.4, -0.2) is 260 Å². The van der Waals surface area contributed by atoms with Gasteiger partial charge in [0.2, 0.25) is 65.0 Å². The van der Waals surface area contributed by atoms with E-state index < -0.39 is 161 Å². The number of nitrogens with one attached hydrogen (secondary N) is 4. The number of nitrogens with zero attached hydrogens (tertiary/aromatic N) is 7. The summed E-state index contributed by atoms with van der Waals surface area (Å²) in [5.74, 6) is -10.3. The average Bonchev–Trinajstić information content (AvgIpc) is 0.865. The third-order valence-electron chi connectivity index (χ3n) is 17.1. The van der Waals surface area contributed by atoms with Crippen molar-refractivity contribution in [1.82, 2.24) is 55.6 Å². The molecule has 92 heavy (non-hydrogen) atoms. The van der Waals surface area contributed by atoms with Gasteiger partial charge in [-0.1, -0.05) is 95.2 Å². The molecule has 1 aliphatic rings. The van der Waals surface area contributed by atoms with E-state index in [-0.39, 0.29) is 68.6 Å². The van der Waals surface area contributed by atoms with Gasteiger partial charge in [-0.2, -0.15) is 11.8 Å². The zero-order chi connectivity index (χ0) is 71.3. The quantitative estimate of drug-likeness (QED) is 0.0681. The summed E-state index contributed by atoms with van der Waals surface area (Å²) in [4.78, 5) is 172. The van der Waals surface area contributed by atoms with Crippen molar-refractivity contribution in [2.24, 2.45) is 35.5 Å². The molecule has 0 aromatic carbocycles. The number of amides is 11. The molecule has 7 N–H and O–H groups in total. The van der Waals surface area contributed by atoms with E-state index in [1.807, 2.05) is 41.5 Å². The van der Waals surface area contributed by atoms with Gasteiger partial charge >= 0.3 is 0 Å². The molecule has 0 radical (unpaired) electrons. The number of hydrogen-bond acceptors (Lipinski definition) is 15. The minimum atomic E-state index is -1.67. The van der Waals surface area contributed by atoms with Crippen LogP contribution in [0.25, 0.3) is 0 Å². The lowest BCUT2D eigenvalue weighted by Gasteiger charge is -2.41. The van der Waals surface area contributed by atoms with Gasteiger partial charge in [0.1, 0.15) is 66.5 Å². The van der Waals surface area contributed by atoms with E-state index in [1.54, 1.807) is 60.6 Å². The largest absolute Gasteiger partial charge is 0.396 e. The highest BCUT2D eigenvalue weighted by molar-refractivity contribution is 7.99. The molecule has 26 heteroatoms. The molecule has 13 atom stereocenters. The Morgan fingerprint density at radius 2 is 0.946 bits per heavy atom. The molecule has 0 saturated carbocycles. The van der Waals surface area contributed by atoms with E-state index in [9.17, 15) is 39.3 Å². The third-order valence-corrected chi connectivity index (χ3v) is 18.2. The van der Waals surface area contributed by atoms with Crippen molar-refractivity contribution in [2.75, 3.05) is 67.4 Å². The van der Waals surface area contributed by atoms with Crippen LogP contribution in [0.1, 0.15) is 163 Å². The highest BCUT2D eigenvalue weighted by Crippen LogP contribution is 2.27. The van der Waals surface area contributed by atoms with Crippen LogP contribution >= 0.6 is 11.8 Å². The Morgan fingerprint density at radius 1 is 0.511 bits per heavy atom. The molecule has 1 saturated heterocycles. The van der Waals surface area contributed by atoms with Gasteiger partial charge in [-0.15, -0.1) is 0 Å². The van der Waals surface area contributed by atoms with Gasteiger partial charge < -0.3 is 70.9 Å². The fourth-order valence-corrected chi connectivity index (χ4v) is 12.4. The van der Waals surface area contributed by atoms with Crippen molar-refractivity contribution < 1.29 is 68.1 Å². The second-order valence-electron chi connectivity index (χ2n) is 27.8. The number of carbonyl (C=O) groups excluding carboxylic acids is 11. The number of aliphatic hydroxyl groups excluding tert-OH is 2. The third kappa shape index (κ3) is 24.2. The van der Waals surface area contributed by atoms with Crippen LogP contribution in [0.5, 0.6) is 0 Å². The minimum absolute atomic E-state index is 0.0508. The van der Waals surface area contributed by atoms with Crippen LogP contribution in [0, 0.1) is 35.5 Å². The fourth-order valence-electron chi connectivity index (χ4n) is 11.3. The van der Waals surface area contributed by atoms with E-state index in [4.69, 9.17) is 0 Å². The first-order chi connectivity index (χ1) is 42.5. The first-order valence-electron chi connectivity index (χ1n) is 32.8. The summed E-state index contributed by atoms with van der Waals surface area (Å²) in [5, 5.41) is 44.2. The predicted octanol–water partition coefficient (Wildman–Crippen LogP) is 2.87. The number of allylic oxidation sites excluding steroid dienone is 2. The Hall–Kier alpha value is -5.86. The summed E-state index contributed by atoms with van der Waals surface area (Å²) < 4.78 is 0. The Kier molecular flexibility index (Phi) is 35.2. The first kappa shape index (κ1) is 84.2. The number of hydrogen-bond donors (Lipinski definition) is 7. The zero-order valence-corrected chi connectivity index (χ0v) is 60.8. The molecule has 1 heterocycles. The van der Waals surface area contributed by atoms with Crippen LogP contribution < -0.4 is 21.3 Å². The number of thioether (sulfide) groups is 1. The lowest BCUT2D eigenvalue weighted by Crippen LogP contribution is -2.64. The molecular weight excluding hydrogens is 1200 g/mol. The highest BCUT2D eigenvalue weighted by Gasteiger charge is 2.47. The van der Waals surface area contributed by atoms with Gasteiger partial charge in [-0.25, -0.2) is 0 Å². The molecule has 0 aromatic rings. The molecule has 0 bridgehead atoms. The van der Waals surface area contributed by atoms with Crippen molar-refractivity contribution >= 4 is 76.7 Å². The zero-order valence-electron chi connectivity index (χ0n) is 60.0. The van der Waals surface area contributed by atoms with Crippen LogP contribution in [-0.2, 0) is 52.7 Å². The predicted molar refractivity (Wildman–Crippen MR) is 358 cm³/mol. The molecule has 11 amide bonds. The molecule has 0 unspecified atom stereocenters. The van der Waals surface area contributed by atoms with Gasteiger partial charge in [-0.05, 0) is 114 Å². The van der Waals surface area contributed by atoms with Gasteiger partial charge in [0.15, 0.2) is 0 Å². The molecule has 1 fully saturated rings. The topological polar surface area (TPSA) is 319 Å². The smallest absolute Gasteiger partial charge is 0.246 e.